The van der Waals surface area contributed by atoms with E-state index in [9.17, 15) is 4.79 Å². The Hall–Kier alpha value is -1.75. The summed E-state index contributed by atoms with van der Waals surface area (Å²) in [5.74, 6) is 1.04. The molecular weight excluding hydrogens is 224 g/mol. The van der Waals surface area contributed by atoms with Crippen LogP contribution < -0.4 is 9.47 Å². The topological polar surface area (TPSA) is 57.3 Å². The summed E-state index contributed by atoms with van der Waals surface area (Å²) in [6.45, 7) is 1.95. The lowest BCUT2D eigenvalue weighted by atomic mass is 10.0. The first-order valence-electron chi connectivity index (χ1n) is 5.31. The molecule has 0 spiro atoms. The number of hydrogen-bond acceptors (Lipinski definition) is 5. The first-order valence-corrected chi connectivity index (χ1v) is 5.31. The number of carbonyl (C=O) groups excluding carboxylic acids is 1. The average Bonchev–Trinajstić information content (AvgIpc) is 2.85. The number of fused-ring (bicyclic) bond motifs is 1. The summed E-state index contributed by atoms with van der Waals surface area (Å²) in [5, 5.41) is 0. The van der Waals surface area contributed by atoms with Crippen molar-refractivity contribution < 1.29 is 23.7 Å². The van der Waals surface area contributed by atoms with Crippen LogP contribution in [0.5, 0.6) is 11.5 Å². The van der Waals surface area contributed by atoms with Crippen molar-refractivity contribution in [3.8, 4) is 11.5 Å². The molecule has 0 saturated carbocycles. The van der Waals surface area contributed by atoms with Gasteiger partial charge in [0.2, 0.25) is 6.79 Å². The van der Waals surface area contributed by atoms with E-state index in [1.54, 1.807) is 6.92 Å². The highest BCUT2D eigenvalue weighted by Gasteiger charge is 2.60. The summed E-state index contributed by atoms with van der Waals surface area (Å²) in [6.07, 6.45) is -0.274. The number of benzene rings is 1. The summed E-state index contributed by atoms with van der Waals surface area (Å²) in [7, 11) is 1.35. The van der Waals surface area contributed by atoms with Crippen molar-refractivity contribution in [1.82, 2.24) is 0 Å². The fourth-order valence-corrected chi connectivity index (χ4v) is 2.03. The van der Waals surface area contributed by atoms with Crippen LogP contribution in [0.25, 0.3) is 0 Å². The molecule has 0 aromatic heterocycles. The van der Waals surface area contributed by atoms with Gasteiger partial charge in [-0.25, -0.2) is 4.79 Å². The fourth-order valence-electron chi connectivity index (χ4n) is 2.03. The third-order valence-corrected chi connectivity index (χ3v) is 3.10. The van der Waals surface area contributed by atoms with Crippen LogP contribution >= 0.6 is 0 Å². The zero-order valence-corrected chi connectivity index (χ0v) is 9.56. The van der Waals surface area contributed by atoms with Crippen molar-refractivity contribution in [3.05, 3.63) is 23.8 Å². The zero-order chi connectivity index (χ0) is 12.0. The van der Waals surface area contributed by atoms with Gasteiger partial charge in [0.25, 0.3) is 0 Å². The Labute approximate surface area is 98.2 Å². The second-order valence-corrected chi connectivity index (χ2v) is 4.21. The second-order valence-electron chi connectivity index (χ2n) is 4.21. The first-order chi connectivity index (χ1) is 8.15. The molecule has 2 aliphatic heterocycles. The maximum absolute atomic E-state index is 11.5. The van der Waals surface area contributed by atoms with E-state index in [4.69, 9.17) is 18.9 Å². The number of ether oxygens (including phenoxy) is 4. The maximum atomic E-state index is 11.5. The molecule has 1 fully saturated rings. The highest BCUT2D eigenvalue weighted by atomic mass is 16.7. The van der Waals surface area contributed by atoms with Gasteiger partial charge in [-0.1, -0.05) is 6.07 Å². The van der Waals surface area contributed by atoms with Crippen LogP contribution in [0.15, 0.2) is 18.2 Å². The minimum Gasteiger partial charge on any atom is -0.467 e. The molecule has 1 aromatic rings. The largest absolute Gasteiger partial charge is 0.467 e. The molecule has 2 unspecified atom stereocenters. The van der Waals surface area contributed by atoms with Gasteiger partial charge >= 0.3 is 5.97 Å². The van der Waals surface area contributed by atoms with Crippen LogP contribution in [0.4, 0.5) is 0 Å². The summed E-state index contributed by atoms with van der Waals surface area (Å²) < 4.78 is 20.6. The monoisotopic (exact) mass is 236 g/mol. The van der Waals surface area contributed by atoms with E-state index in [-0.39, 0.29) is 18.9 Å². The maximum Gasteiger partial charge on any atom is 0.340 e. The molecule has 90 valence electrons. The van der Waals surface area contributed by atoms with E-state index in [2.05, 4.69) is 0 Å². The molecule has 2 atom stereocenters. The Kier molecular flexibility index (Phi) is 2.06. The van der Waals surface area contributed by atoms with Crippen LogP contribution in [0.3, 0.4) is 0 Å². The predicted molar refractivity (Wildman–Crippen MR) is 56.8 cm³/mol. The minimum absolute atomic E-state index is 0.235. The van der Waals surface area contributed by atoms with Crippen molar-refractivity contribution in [2.45, 2.75) is 18.6 Å². The van der Waals surface area contributed by atoms with Gasteiger partial charge in [-0.3, -0.25) is 0 Å². The van der Waals surface area contributed by atoms with Crippen molar-refractivity contribution >= 4 is 5.97 Å². The SMILES string of the molecule is COC(=O)C1(C)OC1c1ccc2c(c1)OCO2. The Balaban J connectivity index is 1.86. The molecule has 17 heavy (non-hydrogen) atoms. The van der Waals surface area contributed by atoms with E-state index in [1.807, 2.05) is 18.2 Å². The normalized spacial score (nSPS) is 28.9. The molecule has 2 aliphatic rings. The van der Waals surface area contributed by atoms with Crippen LogP contribution in [-0.2, 0) is 14.3 Å². The fraction of sp³-hybridized carbons (Fsp3) is 0.417. The Morgan fingerprint density at radius 1 is 1.41 bits per heavy atom. The number of carbonyl (C=O) groups is 1. The summed E-state index contributed by atoms with van der Waals surface area (Å²) in [6, 6.07) is 5.52. The van der Waals surface area contributed by atoms with Crippen molar-refractivity contribution in [2.75, 3.05) is 13.9 Å². The molecule has 2 heterocycles. The average molecular weight is 236 g/mol. The third-order valence-electron chi connectivity index (χ3n) is 3.10. The molecule has 1 aromatic carbocycles. The summed E-state index contributed by atoms with van der Waals surface area (Å²) >= 11 is 0. The molecule has 0 N–H and O–H groups in total. The van der Waals surface area contributed by atoms with Crippen molar-refractivity contribution in [1.29, 1.82) is 0 Å². The standard InChI is InChI=1S/C12H12O5/c1-12(11(13)14-2)10(17-12)7-3-4-8-9(5-7)16-6-15-8/h3-5,10H,6H2,1-2H3. The van der Waals surface area contributed by atoms with Crippen LogP contribution in [0.2, 0.25) is 0 Å². The molecular formula is C12H12O5. The van der Waals surface area contributed by atoms with Gasteiger partial charge in [0, 0.05) is 0 Å². The molecule has 1 saturated heterocycles. The lowest BCUT2D eigenvalue weighted by Crippen LogP contribution is -2.22. The first kappa shape index (κ1) is 10.4. The van der Waals surface area contributed by atoms with E-state index in [0.717, 1.165) is 5.56 Å². The lowest BCUT2D eigenvalue weighted by molar-refractivity contribution is -0.146. The van der Waals surface area contributed by atoms with Gasteiger partial charge in [-0.05, 0) is 24.6 Å². The number of methoxy groups -OCH3 is 1. The Bertz CT molecular complexity index is 484. The van der Waals surface area contributed by atoms with Crippen molar-refractivity contribution in [3.63, 3.8) is 0 Å². The zero-order valence-electron chi connectivity index (χ0n) is 9.56. The van der Waals surface area contributed by atoms with E-state index in [0.29, 0.717) is 11.5 Å². The van der Waals surface area contributed by atoms with Gasteiger partial charge < -0.3 is 18.9 Å². The predicted octanol–water partition coefficient (Wildman–Crippen LogP) is 1.42. The Morgan fingerprint density at radius 3 is 2.94 bits per heavy atom. The molecule has 0 aliphatic carbocycles. The number of epoxide rings is 1. The number of rotatable bonds is 2. The molecule has 5 nitrogen and oxygen atoms in total. The molecule has 5 heteroatoms. The van der Waals surface area contributed by atoms with Crippen LogP contribution in [-0.4, -0.2) is 25.5 Å². The summed E-state index contributed by atoms with van der Waals surface area (Å²) in [5.41, 5.74) is 0.0183. The van der Waals surface area contributed by atoms with Gasteiger partial charge in [-0.15, -0.1) is 0 Å². The Morgan fingerprint density at radius 2 is 2.18 bits per heavy atom. The highest BCUT2D eigenvalue weighted by Crippen LogP contribution is 2.51. The smallest absolute Gasteiger partial charge is 0.340 e. The van der Waals surface area contributed by atoms with Crippen molar-refractivity contribution in [2.24, 2.45) is 0 Å². The molecule has 3 rings (SSSR count). The van der Waals surface area contributed by atoms with Gasteiger partial charge in [-0.2, -0.15) is 0 Å². The molecule has 0 bridgehead atoms. The van der Waals surface area contributed by atoms with Crippen LogP contribution in [0, 0.1) is 0 Å². The van der Waals surface area contributed by atoms with Gasteiger partial charge in [0.1, 0.15) is 6.10 Å². The van der Waals surface area contributed by atoms with Gasteiger partial charge in [0.05, 0.1) is 7.11 Å². The van der Waals surface area contributed by atoms with Gasteiger partial charge in [0.15, 0.2) is 17.1 Å². The number of hydrogen-bond donors (Lipinski definition) is 0. The summed E-state index contributed by atoms with van der Waals surface area (Å²) in [4.78, 5) is 11.5. The lowest BCUT2D eigenvalue weighted by Gasteiger charge is -2.04. The van der Waals surface area contributed by atoms with Crippen LogP contribution in [0.1, 0.15) is 18.6 Å². The minimum atomic E-state index is -0.873. The molecule has 0 amide bonds. The quantitative estimate of drug-likeness (QED) is 0.574. The van der Waals surface area contributed by atoms with E-state index >= 15 is 0 Å². The van der Waals surface area contributed by atoms with E-state index < -0.39 is 5.60 Å². The number of esters is 1. The highest BCUT2D eigenvalue weighted by molar-refractivity contribution is 5.83. The van der Waals surface area contributed by atoms with E-state index in [1.165, 1.54) is 7.11 Å². The second kappa shape index (κ2) is 3.37. The molecule has 0 radical (unpaired) electrons. The third kappa shape index (κ3) is 1.46.